The molecule has 9 nitrogen and oxygen atoms in total. The first-order valence-corrected chi connectivity index (χ1v) is 12.1. The number of anilines is 2. The number of benzene rings is 1. The molecule has 160 valence electrons. The fourth-order valence-electron chi connectivity index (χ4n) is 3.05. The maximum absolute atomic E-state index is 12.5. The molecule has 3 aromatic heterocycles. The summed E-state index contributed by atoms with van der Waals surface area (Å²) in [5, 5.41) is 4.73. The SMILES string of the molecule is CC(Nc1nc(N)ncc1-c1cnc(S(C)(=O)=O)s1)c1cc2cccc(Cl)c2c(=O)[nH]1. The predicted octanol–water partition coefficient (Wildman–Crippen LogP) is 3.25. The summed E-state index contributed by atoms with van der Waals surface area (Å²) in [6, 6.07) is 6.71. The van der Waals surface area contributed by atoms with E-state index in [0.717, 1.165) is 17.6 Å². The van der Waals surface area contributed by atoms with Crippen LogP contribution in [0.15, 0.2) is 45.8 Å². The standard InChI is InChI=1S/C19H17ClN6O3S2/c1-9(13-6-10-4-3-5-12(20)15(10)17(27)25-13)24-16-11(7-22-18(21)26-16)14-8-23-19(30-14)31(2,28)29/h3-9H,1-2H3,(H,25,27)(H3,21,22,24,26). The molecule has 0 spiro atoms. The number of halogens is 1. The summed E-state index contributed by atoms with van der Waals surface area (Å²) in [4.78, 5) is 28.2. The molecule has 0 saturated heterocycles. The second-order valence-electron chi connectivity index (χ2n) is 6.88. The van der Waals surface area contributed by atoms with Gasteiger partial charge in [-0.25, -0.2) is 18.4 Å². The largest absolute Gasteiger partial charge is 0.368 e. The molecule has 0 fully saturated rings. The maximum atomic E-state index is 12.5. The molecule has 4 rings (SSSR count). The van der Waals surface area contributed by atoms with E-state index in [2.05, 4.69) is 25.3 Å². The van der Waals surface area contributed by atoms with E-state index in [0.29, 0.717) is 37.7 Å². The number of aromatic nitrogens is 4. The summed E-state index contributed by atoms with van der Waals surface area (Å²) in [5.41, 5.74) is 6.63. The van der Waals surface area contributed by atoms with Gasteiger partial charge in [-0.3, -0.25) is 4.79 Å². The Labute approximate surface area is 186 Å². The van der Waals surface area contributed by atoms with Crippen molar-refractivity contribution in [3.05, 3.63) is 57.7 Å². The van der Waals surface area contributed by atoms with Crippen LogP contribution in [0.3, 0.4) is 0 Å². The van der Waals surface area contributed by atoms with Crippen LogP contribution < -0.4 is 16.6 Å². The van der Waals surface area contributed by atoms with E-state index >= 15 is 0 Å². The minimum absolute atomic E-state index is 0.00550. The molecule has 1 unspecified atom stereocenters. The number of fused-ring (bicyclic) bond motifs is 1. The lowest BCUT2D eigenvalue weighted by Gasteiger charge is -2.17. The summed E-state index contributed by atoms with van der Waals surface area (Å²) < 4.78 is 23.6. The van der Waals surface area contributed by atoms with Gasteiger partial charge in [0.05, 0.1) is 26.9 Å². The third kappa shape index (κ3) is 4.24. The molecule has 31 heavy (non-hydrogen) atoms. The van der Waals surface area contributed by atoms with Crippen LogP contribution in [0.5, 0.6) is 0 Å². The molecule has 0 saturated carbocycles. The number of hydrogen-bond donors (Lipinski definition) is 3. The van der Waals surface area contributed by atoms with E-state index in [9.17, 15) is 13.2 Å². The van der Waals surface area contributed by atoms with Crippen molar-refractivity contribution in [1.82, 2.24) is 19.9 Å². The summed E-state index contributed by atoms with van der Waals surface area (Å²) in [6.07, 6.45) is 4.05. The van der Waals surface area contributed by atoms with Crippen LogP contribution in [0.1, 0.15) is 18.7 Å². The van der Waals surface area contributed by atoms with Gasteiger partial charge >= 0.3 is 0 Å². The highest BCUT2D eigenvalue weighted by atomic mass is 35.5. The first kappa shape index (κ1) is 21.2. The quantitative estimate of drug-likeness (QED) is 0.398. The topological polar surface area (TPSA) is 144 Å². The number of H-pyrrole nitrogens is 1. The molecular formula is C19H17ClN6O3S2. The number of hydrogen-bond acceptors (Lipinski definition) is 9. The summed E-state index contributed by atoms with van der Waals surface area (Å²) in [7, 11) is -3.44. The first-order chi connectivity index (χ1) is 14.6. The highest BCUT2D eigenvalue weighted by Crippen LogP contribution is 2.34. The molecule has 0 aliphatic carbocycles. The molecule has 1 aromatic carbocycles. The second-order valence-corrected chi connectivity index (χ2v) is 10.5. The Morgan fingerprint density at radius 1 is 1.26 bits per heavy atom. The fourth-order valence-corrected chi connectivity index (χ4v) is 5.10. The van der Waals surface area contributed by atoms with Gasteiger partial charge in [0, 0.05) is 24.3 Å². The van der Waals surface area contributed by atoms with Gasteiger partial charge in [-0.1, -0.05) is 23.7 Å². The lowest BCUT2D eigenvalue weighted by molar-refractivity contribution is 0.601. The molecular weight excluding hydrogens is 460 g/mol. The van der Waals surface area contributed by atoms with Crippen LogP contribution in [0, 0.1) is 0 Å². The van der Waals surface area contributed by atoms with Gasteiger partial charge in [0.15, 0.2) is 0 Å². The van der Waals surface area contributed by atoms with Crippen LogP contribution in [-0.4, -0.2) is 34.6 Å². The molecule has 0 radical (unpaired) electrons. The molecule has 0 aliphatic rings. The van der Waals surface area contributed by atoms with Crippen LogP contribution in [0.4, 0.5) is 11.8 Å². The number of sulfone groups is 1. The van der Waals surface area contributed by atoms with Gasteiger partial charge in [-0.05, 0) is 24.4 Å². The number of nitrogens with two attached hydrogens (primary N) is 1. The van der Waals surface area contributed by atoms with Gasteiger partial charge in [0.25, 0.3) is 5.56 Å². The smallest absolute Gasteiger partial charge is 0.257 e. The summed E-state index contributed by atoms with van der Waals surface area (Å²) in [5.74, 6) is 0.431. The molecule has 1 atom stereocenters. The third-order valence-electron chi connectivity index (χ3n) is 4.54. The Morgan fingerprint density at radius 3 is 2.74 bits per heavy atom. The first-order valence-electron chi connectivity index (χ1n) is 9.00. The molecule has 12 heteroatoms. The van der Waals surface area contributed by atoms with E-state index < -0.39 is 9.84 Å². The van der Waals surface area contributed by atoms with Crippen molar-refractivity contribution < 1.29 is 8.42 Å². The van der Waals surface area contributed by atoms with E-state index in [1.54, 1.807) is 12.1 Å². The number of nitrogens with zero attached hydrogens (tertiary/aromatic N) is 3. The van der Waals surface area contributed by atoms with Crippen molar-refractivity contribution in [1.29, 1.82) is 0 Å². The predicted molar refractivity (Wildman–Crippen MR) is 122 cm³/mol. The normalized spacial score (nSPS) is 12.7. The van der Waals surface area contributed by atoms with E-state index in [-0.39, 0.29) is 21.9 Å². The minimum atomic E-state index is -3.44. The number of pyridine rings is 1. The summed E-state index contributed by atoms with van der Waals surface area (Å²) >= 11 is 7.16. The number of thiazole rings is 1. The molecule has 0 aliphatic heterocycles. The Bertz CT molecular complexity index is 1470. The van der Waals surface area contributed by atoms with Crippen molar-refractivity contribution in [2.24, 2.45) is 0 Å². The Hall–Kier alpha value is -3.02. The van der Waals surface area contributed by atoms with E-state index in [4.69, 9.17) is 17.3 Å². The van der Waals surface area contributed by atoms with Crippen molar-refractivity contribution >= 4 is 55.3 Å². The van der Waals surface area contributed by atoms with Gasteiger partial charge in [0.2, 0.25) is 20.1 Å². The Kier molecular flexibility index (Phi) is 5.42. The molecule has 4 N–H and O–H groups in total. The zero-order valence-corrected chi connectivity index (χ0v) is 18.8. The van der Waals surface area contributed by atoms with Crippen molar-refractivity contribution in [2.45, 2.75) is 17.3 Å². The Morgan fingerprint density at radius 2 is 2.03 bits per heavy atom. The maximum Gasteiger partial charge on any atom is 0.257 e. The van der Waals surface area contributed by atoms with E-state index in [1.165, 1.54) is 12.4 Å². The van der Waals surface area contributed by atoms with E-state index in [1.807, 2.05) is 19.1 Å². The van der Waals surface area contributed by atoms with Crippen molar-refractivity contribution in [3.8, 4) is 10.4 Å². The van der Waals surface area contributed by atoms with Crippen LogP contribution in [0.25, 0.3) is 21.2 Å². The number of rotatable bonds is 5. The highest BCUT2D eigenvalue weighted by molar-refractivity contribution is 7.92. The zero-order chi connectivity index (χ0) is 22.3. The lowest BCUT2D eigenvalue weighted by atomic mass is 10.1. The van der Waals surface area contributed by atoms with Gasteiger partial charge < -0.3 is 16.0 Å². The van der Waals surface area contributed by atoms with Crippen molar-refractivity contribution in [2.75, 3.05) is 17.3 Å². The average molecular weight is 477 g/mol. The molecule has 3 heterocycles. The minimum Gasteiger partial charge on any atom is -0.368 e. The van der Waals surface area contributed by atoms with Gasteiger partial charge in [0.1, 0.15) is 5.82 Å². The second kappa shape index (κ2) is 7.91. The number of nitrogen functional groups attached to an aromatic ring is 1. The third-order valence-corrected chi connectivity index (χ3v) is 7.57. The fraction of sp³-hybridized carbons (Fsp3) is 0.158. The molecule has 0 bridgehead atoms. The molecule has 4 aromatic rings. The number of nitrogens with one attached hydrogen (secondary N) is 2. The lowest BCUT2D eigenvalue weighted by Crippen LogP contribution is -2.17. The van der Waals surface area contributed by atoms with Crippen LogP contribution in [0.2, 0.25) is 5.02 Å². The van der Waals surface area contributed by atoms with Crippen molar-refractivity contribution in [3.63, 3.8) is 0 Å². The average Bonchev–Trinajstić information content (AvgIpc) is 3.18. The van der Waals surface area contributed by atoms with Crippen LogP contribution >= 0.6 is 22.9 Å². The van der Waals surface area contributed by atoms with Crippen LogP contribution in [-0.2, 0) is 9.84 Å². The highest BCUT2D eigenvalue weighted by Gasteiger charge is 2.19. The zero-order valence-electron chi connectivity index (χ0n) is 16.4. The monoisotopic (exact) mass is 476 g/mol. The van der Waals surface area contributed by atoms with Gasteiger partial charge in [-0.15, -0.1) is 11.3 Å². The molecule has 0 amide bonds. The summed E-state index contributed by atoms with van der Waals surface area (Å²) in [6.45, 7) is 1.85. The Balaban J connectivity index is 1.73. The number of aromatic amines is 1. The van der Waals surface area contributed by atoms with Gasteiger partial charge in [-0.2, -0.15) is 4.98 Å².